The average Bonchev–Trinajstić information content (AvgIpc) is 2.18. The molecule has 6 nitrogen and oxygen atoms in total. The summed E-state index contributed by atoms with van der Waals surface area (Å²) in [5.41, 5.74) is 1.01. The highest BCUT2D eigenvalue weighted by Gasteiger charge is 2.25. The molecule has 1 aliphatic heterocycles. The zero-order valence-corrected chi connectivity index (χ0v) is 8.06. The molecule has 1 aromatic carbocycles. The number of nitro benzene ring substituents is 1. The summed E-state index contributed by atoms with van der Waals surface area (Å²) in [4.78, 5) is 23.0. The van der Waals surface area contributed by atoms with E-state index in [1.54, 1.807) is 19.2 Å². The van der Waals surface area contributed by atoms with Crippen LogP contribution >= 0.6 is 0 Å². The summed E-state index contributed by atoms with van der Waals surface area (Å²) in [7, 11) is 1.64. The van der Waals surface area contributed by atoms with Crippen LogP contribution in [0.5, 0.6) is 0 Å². The first-order valence-corrected chi connectivity index (χ1v) is 4.38. The number of anilines is 1. The Hall–Kier alpha value is -2.11. The van der Waals surface area contributed by atoms with Gasteiger partial charge in [-0.25, -0.2) is 4.79 Å². The minimum atomic E-state index is -0.496. The number of hydrogen-bond donors (Lipinski definition) is 1. The molecule has 1 aromatic rings. The highest BCUT2D eigenvalue weighted by molar-refractivity contribution is 5.94. The Bertz CT molecular complexity index is 444. The van der Waals surface area contributed by atoms with E-state index in [-0.39, 0.29) is 11.7 Å². The van der Waals surface area contributed by atoms with Crippen molar-refractivity contribution in [2.45, 2.75) is 6.54 Å². The summed E-state index contributed by atoms with van der Waals surface area (Å²) in [6.45, 7) is 0.392. The van der Waals surface area contributed by atoms with E-state index in [0.717, 1.165) is 5.56 Å². The Morgan fingerprint density at radius 1 is 1.53 bits per heavy atom. The molecule has 2 amide bonds. The predicted octanol–water partition coefficient (Wildman–Crippen LogP) is 1.57. The Morgan fingerprint density at radius 2 is 2.27 bits per heavy atom. The molecule has 0 bridgehead atoms. The summed E-state index contributed by atoms with van der Waals surface area (Å²) in [6.07, 6.45) is 0. The molecule has 0 aromatic heterocycles. The summed E-state index contributed by atoms with van der Waals surface area (Å²) in [5.74, 6) is 0. The number of carbonyl (C=O) groups is 1. The van der Waals surface area contributed by atoms with Gasteiger partial charge in [0.25, 0.3) is 5.69 Å². The highest BCUT2D eigenvalue weighted by Crippen LogP contribution is 2.31. The topological polar surface area (TPSA) is 75.5 Å². The molecule has 0 radical (unpaired) electrons. The second-order valence-electron chi connectivity index (χ2n) is 3.35. The minimum absolute atomic E-state index is 0.0612. The van der Waals surface area contributed by atoms with Crippen LogP contribution in [-0.4, -0.2) is 22.9 Å². The van der Waals surface area contributed by atoms with Gasteiger partial charge in [0.05, 0.1) is 4.92 Å². The molecule has 6 heteroatoms. The average molecular weight is 207 g/mol. The van der Waals surface area contributed by atoms with Crippen molar-refractivity contribution in [2.75, 3.05) is 12.4 Å². The monoisotopic (exact) mass is 207 g/mol. The fourth-order valence-electron chi connectivity index (χ4n) is 1.54. The van der Waals surface area contributed by atoms with Gasteiger partial charge in [0.2, 0.25) is 0 Å². The van der Waals surface area contributed by atoms with E-state index >= 15 is 0 Å². The zero-order chi connectivity index (χ0) is 11.0. The van der Waals surface area contributed by atoms with Crippen LogP contribution in [0.15, 0.2) is 18.2 Å². The van der Waals surface area contributed by atoms with Crippen LogP contribution in [0, 0.1) is 10.1 Å². The summed E-state index contributed by atoms with van der Waals surface area (Å²) >= 11 is 0. The molecule has 0 fully saturated rings. The molecule has 0 saturated carbocycles. The molecule has 0 aliphatic carbocycles. The van der Waals surface area contributed by atoms with Crippen LogP contribution in [0.25, 0.3) is 0 Å². The van der Waals surface area contributed by atoms with Crippen molar-refractivity contribution < 1.29 is 9.72 Å². The molecule has 0 atom stereocenters. The fourth-order valence-corrected chi connectivity index (χ4v) is 1.54. The molecule has 0 unspecified atom stereocenters. The number of para-hydroxylation sites is 1. The van der Waals surface area contributed by atoms with Gasteiger partial charge in [0.1, 0.15) is 5.69 Å². The van der Waals surface area contributed by atoms with Gasteiger partial charge in [-0.05, 0) is 0 Å². The van der Waals surface area contributed by atoms with E-state index in [0.29, 0.717) is 12.2 Å². The SMILES string of the molecule is CN1Cc2cccc([N+](=O)[O-])c2NC1=O. The van der Waals surface area contributed by atoms with Crippen LogP contribution in [0.1, 0.15) is 5.56 Å². The van der Waals surface area contributed by atoms with E-state index < -0.39 is 4.92 Å². The second-order valence-corrected chi connectivity index (χ2v) is 3.35. The van der Waals surface area contributed by atoms with Crippen molar-refractivity contribution in [1.29, 1.82) is 0 Å². The standard InChI is InChI=1S/C9H9N3O3/c1-11-5-6-3-2-4-7(12(14)15)8(6)10-9(11)13/h2-4H,5H2,1H3,(H,10,13). The van der Waals surface area contributed by atoms with E-state index in [9.17, 15) is 14.9 Å². The first kappa shape index (κ1) is 9.45. The molecule has 15 heavy (non-hydrogen) atoms. The lowest BCUT2D eigenvalue weighted by Crippen LogP contribution is -2.35. The first-order valence-electron chi connectivity index (χ1n) is 4.38. The van der Waals surface area contributed by atoms with Gasteiger partial charge in [-0.2, -0.15) is 0 Å². The van der Waals surface area contributed by atoms with E-state index in [1.807, 2.05) is 0 Å². The number of rotatable bonds is 1. The highest BCUT2D eigenvalue weighted by atomic mass is 16.6. The third-order valence-electron chi connectivity index (χ3n) is 2.31. The maximum atomic E-state index is 11.3. The van der Waals surface area contributed by atoms with E-state index in [2.05, 4.69) is 5.32 Å². The fraction of sp³-hybridized carbons (Fsp3) is 0.222. The van der Waals surface area contributed by atoms with Crippen LogP contribution in [0.2, 0.25) is 0 Å². The Morgan fingerprint density at radius 3 is 2.93 bits per heavy atom. The molecular weight excluding hydrogens is 198 g/mol. The van der Waals surface area contributed by atoms with Crippen molar-refractivity contribution in [3.05, 3.63) is 33.9 Å². The minimum Gasteiger partial charge on any atom is -0.323 e. The lowest BCUT2D eigenvalue weighted by Gasteiger charge is -2.25. The number of nitro groups is 1. The van der Waals surface area contributed by atoms with Gasteiger partial charge < -0.3 is 10.2 Å². The first-order chi connectivity index (χ1) is 7.09. The number of nitrogens with one attached hydrogen (secondary N) is 1. The molecule has 1 heterocycles. The number of hydrogen-bond acceptors (Lipinski definition) is 3. The number of fused-ring (bicyclic) bond motifs is 1. The molecule has 0 saturated heterocycles. The largest absolute Gasteiger partial charge is 0.323 e. The Labute approximate surface area is 85.6 Å². The maximum Gasteiger partial charge on any atom is 0.322 e. The Balaban J connectivity index is 2.52. The van der Waals surface area contributed by atoms with Crippen molar-refractivity contribution in [1.82, 2.24) is 4.90 Å². The maximum absolute atomic E-state index is 11.3. The van der Waals surface area contributed by atoms with Crippen molar-refractivity contribution >= 4 is 17.4 Å². The number of urea groups is 1. The number of amides is 2. The van der Waals surface area contributed by atoms with Crippen molar-refractivity contribution in [3.8, 4) is 0 Å². The molecule has 2 rings (SSSR count). The molecule has 0 spiro atoms. The van der Waals surface area contributed by atoms with Gasteiger partial charge >= 0.3 is 6.03 Å². The van der Waals surface area contributed by atoms with Gasteiger partial charge in [-0.1, -0.05) is 12.1 Å². The summed E-state index contributed by atoms with van der Waals surface area (Å²) < 4.78 is 0. The van der Waals surface area contributed by atoms with Gasteiger partial charge in [-0.15, -0.1) is 0 Å². The third-order valence-corrected chi connectivity index (χ3v) is 2.31. The number of benzene rings is 1. The van der Waals surface area contributed by atoms with Gasteiger partial charge in [0.15, 0.2) is 0 Å². The zero-order valence-electron chi connectivity index (χ0n) is 8.06. The Kier molecular flexibility index (Phi) is 2.03. The van der Waals surface area contributed by atoms with E-state index in [4.69, 9.17) is 0 Å². The second kappa shape index (κ2) is 3.23. The van der Waals surface area contributed by atoms with E-state index in [1.165, 1.54) is 11.0 Å². The summed E-state index contributed by atoms with van der Waals surface area (Å²) in [5, 5.41) is 13.2. The molecule has 1 aliphatic rings. The lowest BCUT2D eigenvalue weighted by molar-refractivity contribution is -0.384. The van der Waals surface area contributed by atoms with Gasteiger partial charge in [0, 0.05) is 25.2 Å². The van der Waals surface area contributed by atoms with Gasteiger partial charge in [-0.3, -0.25) is 10.1 Å². The number of carbonyl (C=O) groups excluding carboxylic acids is 1. The normalized spacial score (nSPS) is 14.5. The summed E-state index contributed by atoms with van der Waals surface area (Å²) in [6, 6.07) is 4.43. The molecule has 78 valence electrons. The molecule has 1 N–H and O–H groups in total. The van der Waals surface area contributed by atoms with Crippen molar-refractivity contribution in [2.24, 2.45) is 0 Å². The smallest absolute Gasteiger partial charge is 0.322 e. The third kappa shape index (κ3) is 1.50. The predicted molar refractivity (Wildman–Crippen MR) is 53.6 cm³/mol. The number of nitrogens with zero attached hydrogens (tertiary/aromatic N) is 2. The van der Waals surface area contributed by atoms with Crippen LogP contribution in [0.4, 0.5) is 16.2 Å². The van der Waals surface area contributed by atoms with Crippen LogP contribution < -0.4 is 5.32 Å². The lowest BCUT2D eigenvalue weighted by atomic mass is 10.1. The molecular formula is C9H9N3O3. The van der Waals surface area contributed by atoms with Crippen LogP contribution in [0.3, 0.4) is 0 Å². The van der Waals surface area contributed by atoms with Crippen LogP contribution in [-0.2, 0) is 6.54 Å². The van der Waals surface area contributed by atoms with Crippen molar-refractivity contribution in [3.63, 3.8) is 0 Å². The quantitative estimate of drug-likeness (QED) is 0.561.